The predicted molar refractivity (Wildman–Crippen MR) is 86.8 cm³/mol. The molecular weight excluding hydrogens is 268 g/mol. The van der Waals surface area contributed by atoms with Crippen molar-refractivity contribution >= 4 is 22.7 Å². The first kappa shape index (κ1) is 14.7. The minimum atomic E-state index is 0.746. The van der Waals surface area contributed by atoms with Crippen LogP contribution in [0.1, 0.15) is 37.4 Å². The normalized spacial score (nSPS) is 12.8. The van der Waals surface area contributed by atoms with Crippen LogP contribution in [0, 0.1) is 6.92 Å². The number of aryl methyl sites for hydroxylation is 1. The number of allylic oxidation sites excluding steroid dienone is 4. The lowest BCUT2D eigenvalue weighted by Gasteiger charge is -2.10. The first-order valence-electron chi connectivity index (χ1n) is 6.84. The van der Waals surface area contributed by atoms with Gasteiger partial charge < -0.3 is 4.42 Å². The van der Waals surface area contributed by atoms with Crippen molar-refractivity contribution in [2.45, 2.75) is 27.2 Å². The number of hydrogen-bond donors (Lipinski definition) is 0. The van der Waals surface area contributed by atoms with E-state index >= 15 is 0 Å². The van der Waals surface area contributed by atoms with Gasteiger partial charge in [-0.15, -0.1) is 0 Å². The van der Waals surface area contributed by atoms with Crippen molar-refractivity contribution < 1.29 is 4.42 Å². The Bertz CT molecular complexity index is 647. The molecule has 0 aliphatic rings. The highest BCUT2D eigenvalue weighted by Crippen LogP contribution is 2.32. The molecule has 2 rings (SSSR count). The molecule has 0 spiro atoms. The van der Waals surface area contributed by atoms with Crippen LogP contribution in [-0.2, 0) is 0 Å². The molecule has 1 aromatic carbocycles. The van der Waals surface area contributed by atoms with E-state index in [9.17, 15) is 0 Å². The maximum Gasteiger partial charge on any atom is 0.130 e. The summed E-state index contributed by atoms with van der Waals surface area (Å²) in [5.74, 6) is 1.86. The van der Waals surface area contributed by atoms with Gasteiger partial charge in [-0.05, 0) is 55.7 Å². The number of halogens is 1. The zero-order valence-corrected chi connectivity index (χ0v) is 12.9. The van der Waals surface area contributed by atoms with Crippen molar-refractivity contribution in [3.05, 3.63) is 70.7 Å². The van der Waals surface area contributed by atoms with Gasteiger partial charge in [-0.1, -0.05) is 42.8 Å². The standard InChI is InChI=1S/C18H19ClO/c1-4-7-17(14-8-6-9-15(19)12-14)16(5-2)18-11-10-13(3)20-18/h4,6-12H,5H2,1-3H3/b7-4-,17-16-. The van der Waals surface area contributed by atoms with E-state index in [0.717, 1.165) is 34.1 Å². The first-order chi connectivity index (χ1) is 9.65. The Morgan fingerprint density at radius 1 is 1.25 bits per heavy atom. The van der Waals surface area contributed by atoms with E-state index in [1.807, 2.05) is 50.3 Å². The van der Waals surface area contributed by atoms with Crippen LogP contribution in [0.5, 0.6) is 0 Å². The monoisotopic (exact) mass is 286 g/mol. The first-order valence-corrected chi connectivity index (χ1v) is 7.22. The van der Waals surface area contributed by atoms with Crippen LogP contribution in [0.4, 0.5) is 0 Å². The number of rotatable bonds is 4. The zero-order chi connectivity index (χ0) is 14.5. The highest BCUT2D eigenvalue weighted by atomic mass is 35.5. The Morgan fingerprint density at radius 2 is 2.05 bits per heavy atom. The minimum absolute atomic E-state index is 0.746. The van der Waals surface area contributed by atoms with Crippen LogP contribution in [0.25, 0.3) is 11.1 Å². The van der Waals surface area contributed by atoms with Gasteiger partial charge >= 0.3 is 0 Å². The fraction of sp³-hybridized carbons (Fsp3) is 0.222. The van der Waals surface area contributed by atoms with Crippen molar-refractivity contribution in [3.63, 3.8) is 0 Å². The van der Waals surface area contributed by atoms with Crippen molar-refractivity contribution in [2.24, 2.45) is 0 Å². The van der Waals surface area contributed by atoms with Crippen LogP contribution >= 0.6 is 11.6 Å². The topological polar surface area (TPSA) is 13.1 Å². The lowest BCUT2D eigenvalue weighted by atomic mass is 9.96. The smallest absolute Gasteiger partial charge is 0.130 e. The van der Waals surface area contributed by atoms with Gasteiger partial charge in [0.1, 0.15) is 11.5 Å². The van der Waals surface area contributed by atoms with Gasteiger partial charge in [0.15, 0.2) is 0 Å². The SMILES string of the molecule is C/C=C\C(=C(/CC)c1ccc(C)o1)c1cccc(Cl)c1. The highest BCUT2D eigenvalue weighted by Gasteiger charge is 2.11. The molecule has 1 nitrogen and oxygen atoms in total. The van der Waals surface area contributed by atoms with Gasteiger partial charge in [-0.2, -0.15) is 0 Å². The van der Waals surface area contributed by atoms with E-state index in [0.29, 0.717) is 0 Å². The zero-order valence-electron chi connectivity index (χ0n) is 12.1. The maximum atomic E-state index is 6.12. The Balaban J connectivity index is 2.62. The number of furan rings is 1. The predicted octanol–water partition coefficient (Wildman–Crippen LogP) is 6.14. The summed E-state index contributed by atoms with van der Waals surface area (Å²) in [6.07, 6.45) is 5.06. The van der Waals surface area contributed by atoms with E-state index < -0.39 is 0 Å². The molecule has 0 radical (unpaired) electrons. The summed E-state index contributed by atoms with van der Waals surface area (Å²) in [6.45, 7) is 6.12. The Kier molecular flexibility index (Phi) is 4.86. The second-order valence-corrected chi connectivity index (χ2v) is 5.10. The third-order valence-corrected chi connectivity index (χ3v) is 3.42. The van der Waals surface area contributed by atoms with Crippen LogP contribution in [0.3, 0.4) is 0 Å². The van der Waals surface area contributed by atoms with Crippen molar-refractivity contribution in [1.29, 1.82) is 0 Å². The Morgan fingerprint density at radius 3 is 2.60 bits per heavy atom. The third kappa shape index (κ3) is 3.23. The molecule has 0 aliphatic heterocycles. The van der Waals surface area contributed by atoms with E-state index in [4.69, 9.17) is 16.0 Å². The molecule has 0 amide bonds. The largest absolute Gasteiger partial charge is 0.462 e. The molecule has 0 fully saturated rings. The third-order valence-electron chi connectivity index (χ3n) is 3.19. The summed E-state index contributed by atoms with van der Waals surface area (Å²) in [6, 6.07) is 12.0. The van der Waals surface area contributed by atoms with Crippen LogP contribution in [-0.4, -0.2) is 0 Å². The average Bonchev–Trinajstić information content (AvgIpc) is 2.85. The fourth-order valence-corrected chi connectivity index (χ4v) is 2.48. The average molecular weight is 287 g/mol. The summed E-state index contributed by atoms with van der Waals surface area (Å²) in [7, 11) is 0. The Labute approximate surface area is 125 Å². The maximum absolute atomic E-state index is 6.12. The van der Waals surface area contributed by atoms with Gasteiger partial charge in [0.25, 0.3) is 0 Å². The van der Waals surface area contributed by atoms with Crippen LogP contribution in [0.15, 0.2) is 53.0 Å². The molecule has 0 bridgehead atoms. The van der Waals surface area contributed by atoms with Crippen molar-refractivity contribution in [1.82, 2.24) is 0 Å². The molecule has 0 N–H and O–H groups in total. The second kappa shape index (κ2) is 6.62. The molecule has 20 heavy (non-hydrogen) atoms. The number of hydrogen-bond acceptors (Lipinski definition) is 1. The summed E-state index contributed by atoms with van der Waals surface area (Å²) in [5, 5.41) is 0.746. The van der Waals surface area contributed by atoms with E-state index in [1.54, 1.807) is 0 Å². The van der Waals surface area contributed by atoms with Gasteiger partial charge in [-0.3, -0.25) is 0 Å². The summed E-state index contributed by atoms with van der Waals surface area (Å²) >= 11 is 6.12. The molecule has 2 aromatic rings. The fourth-order valence-electron chi connectivity index (χ4n) is 2.29. The lowest BCUT2D eigenvalue weighted by molar-refractivity contribution is 0.520. The van der Waals surface area contributed by atoms with Gasteiger partial charge in [0.2, 0.25) is 0 Å². The van der Waals surface area contributed by atoms with Gasteiger partial charge in [0, 0.05) is 10.6 Å². The molecule has 104 valence electrons. The van der Waals surface area contributed by atoms with Gasteiger partial charge in [-0.25, -0.2) is 0 Å². The molecule has 0 atom stereocenters. The van der Waals surface area contributed by atoms with Crippen molar-refractivity contribution in [2.75, 3.05) is 0 Å². The molecule has 0 aliphatic carbocycles. The molecule has 0 saturated carbocycles. The van der Waals surface area contributed by atoms with E-state index in [1.165, 1.54) is 5.57 Å². The molecule has 0 unspecified atom stereocenters. The van der Waals surface area contributed by atoms with E-state index in [2.05, 4.69) is 19.1 Å². The van der Waals surface area contributed by atoms with Crippen LogP contribution < -0.4 is 0 Å². The van der Waals surface area contributed by atoms with Crippen molar-refractivity contribution in [3.8, 4) is 0 Å². The molecule has 0 saturated heterocycles. The lowest BCUT2D eigenvalue weighted by Crippen LogP contribution is -1.89. The van der Waals surface area contributed by atoms with E-state index in [-0.39, 0.29) is 0 Å². The molecule has 2 heteroatoms. The minimum Gasteiger partial charge on any atom is -0.462 e. The van der Waals surface area contributed by atoms with Crippen LogP contribution in [0.2, 0.25) is 5.02 Å². The quantitative estimate of drug-likeness (QED) is 0.615. The molecular formula is C18H19ClO. The molecule has 1 aromatic heterocycles. The molecule has 1 heterocycles. The summed E-state index contributed by atoms with van der Waals surface area (Å²) in [5.41, 5.74) is 3.46. The number of benzene rings is 1. The summed E-state index contributed by atoms with van der Waals surface area (Å²) < 4.78 is 5.79. The van der Waals surface area contributed by atoms with Gasteiger partial charge in [0.05, 0.1) is 0 Å². The highest BCUT2D eigenvalue weighted by molar-refractivity contribution is 6.30. The summed E-state index contributed by atoms with van der Waals surface area (Å²) in [4.78, 5) is 0. The second-order valence-electron chi connectivity index (χ2n) is 4.67. The Hall–Kier alpha value is -1.73.